The summed E-state index contributed by atoms with van der Waals surface area (Å²) in [6, 6.07) is 10.3. The van der Waals surface area contributed by atoms with Crippen LogP contribution in [0.4, 0.5) is 0 Å². The Balaban J connectivity index is 1.83. The first-order chi connectivity index (χ1) is 11.5. The van der Waals surface area contributed by atoms with Crippen LogP contribution in [0.1, 0.15) is 32.1 Å². The Bertz CT molecular complexity index is 990. The molecule has 0 saturated heterocycles. The summed E-state index contributed by atoms with van der Waals surface area (Å²) in [5, 5.41) is 0.514. The monoisotopic (exact) mass is 341 g/mol. The highest BCUT2D eigenvalue weighted by molar-refractivity contribution is 7.15. The predicted octanol–water partition coefficient (Wildman–Crippen LogP) is 2.46. The number of benzene rings is 1. The lowest BCUT2D eigenvalue weighted by Crippen LogP contribution is -2.27. The molecular weight excluding hydrogens is 326 g/mol. The molecule has 2 aromatic heterocycles. The van der Waals surface area contributed by atoms with E-state index in [4.69, 9.17) is 0 Å². The number of thiophene rings is 1. The van der Waals surface area contributed by atoms with Crippen molar-refractivity contribution in [2.45, 2.75) is 13.5 Å². The maximum Gasteiger partial charge on any atom is 0.264 e. The molecule has 3 aromatic rings. The van der Waals surface area contributed by atoms with Gasteiger partial charge in [0.05, 0.1) is 27.2 Å². The Hall–Kier alpha value is -2.80. The van der Waals surface area contributed by atoms with Crippen LogP contribution in [0, 0.1) is 0 Å². The minimum atomic E-state index is -0.230. The van der Waals surface area contributed by atoms with Crippen LogP contribution < -0.4 is 5.56 Å². The van der Waals surface area contributed by atoms with E-state index in [0.29, 0.717) is 26.5 Å². The number of amides is 1. The third kappa shape index (κ3) is 3.11. The van der Waals surface area contributed by atoms with E-state index in [-0.39, 0.29) is 23.8 Å². The topological polar surface area (TPSA) is 83.1 Å². The van der Waals surface area contributed by atoms with Crippen LogP contribution in [-0.4, -0.2) is 33.6 Å². The van der Waals surface area contributed by atoms with Gasteiger partial charge >= 0.3 is 0 Å². The van der Waals surface area contributed by atoms with Crippen molar-refractivity contribution in [2.75, 3.05) is 7.05 Å². The fraction of sp³-hybridized carbons (Fsp3) is 0.176. The van der Waals surface area contributed by atoms with Gasteiger partial charge in [0.25, 0.3) is 11.5 Å². The van der Waals surface area contributed by atoms with Gasteiger partial charge in [-0.3, -0.25) is 14.4 Å². The smallest absolute Gasteiger partial charge is 0.264 e. The summed E-state index contributed by atoms with van der Waals surface area (Å²) in [6.07, 6.45) is 0. The molecule has 0 aliphatic rings. The quantitative estimate of drug-likeness (QED) is 0.739. The van der Waals surface area contributed by atoms with Gasteiger partial charge < -0.3 is 9.88 Å². The van der Waals surface area contributed by atoms with Gasteiger partial charge in [-0.05, 0) is 31.2 Å². The number of rotatable bonds is 4. The van der Waals surface area contributed by atoms with Gasteiger partial charge in [0.2, 0.25) is 0 Å². The van der Waals surface area contributed by atoms with E-state index in [2.05, 4.69) is 9.97 Å². The van der Waals surface area contributed by atoms with Crippen LogP contribution >= 0.6 is 11.3 Å². The third-order valence-electron chi connectivity index (χ3n) is 3.56. The molecule has 0 fully saturated rings. The molecule has 1 amide bonds. The van der Waals surface area contributed by atoms with Gasteiger partial charge in [0, 0.05) is 7.05 Å². The van der Waals surface area contributed by atoms with E-state index >= 15 is 0 Å². The molecule has 0 atom stereocenters. The largest absolute Gasteiger partial charge is 0.334 e. The van der Waals surface area contributed by atoms with E-state index < -0.39 is 0 Å². The standard InChI is InChI=1S/C17H15N3O3S/c1-10(21)13-7-8-14(24-13)17(23)20(2)9-15-18-12-6-4-3-5-11(12)16(22)19-15/h3-8H,9H2,1-2H3,(H,18,19,22). The number of aromatic nitrogens is 2. The Kier molecular flexibility index (Phi) is 4.26. The number of hydrogen-bond donors (Lipinski definition) is 1. The summed E-state index contributed by atoms with van der Waals surface area (Å²) in [5.41, 5.74) is 0.360. The Morgan fingerprint density at radius 1 is 1.17 bits per heavy atom. The molecule has 0 spiro atoms. The molecule has 0 saturated carbocycles. The molecule has 7 heteroatoms. The second-order valence-corrected chi connectivity index (χ2v) is 6.49. The number of para-hydroxylation sites is 1. The van der Waals surface area contributed by atoms with Gasteiger partial charge in [0.15, 0.2) is 5.78 Å². The molecule has 0 unspecified atom stereocenters. The van der Waals surface area contributed by atoms with Gasteiger partial charge in [-0.15, -0.1) is 11.3 Å². The SMILES string of the molecule is CC(=O)c1ccc(C(=O)N(C)Cc2nc3ccccc3c(=O)[nH]2)s1. The molecule has 24 heavy (non-hydrogen) atoms. The summed E-state index contributed by atoms with van der Waals surface area (Å²) < 4.78 is 0. The van der Waals surface area contributed by atoms with Crippen LogP contribution in [0.3, 0.4) is 0 Å². The van der Waals surface area contributed by atoms with Gasteiger partial charge in [0.1, 0.15) is 5.82 Å². The Morgan fingerprint density at radius 2 is 1.88 bits per heavy atom. The van der Waals surface area contributed by atoms with Crippen LogP contribution in [0.2, 0.25) is 0 Å². The zero-order valence-corrected chi connectivity index (χ0v) is 14.0. The molecule has 6 nitrogen and oxygen atoms in total. The molecule has 122 valence electrons. The number of Topliss-reactive ketones (excluding diaryl/α,β-unsaturated/α-hetero) is 1. The van der Waals surface area contributed by atoms with E-state index in [1.165, 1.54) is 11.8 Å². The van der Waals surface area contributed by atoms with Crippen LogP contribution in [0.15, 0.2) is 41.2 Å². The summed E-state index contributed by atoms with van der Waals surface area (Å²) in [4.78, 5) is 45.4. The zero-order chi connectivity index (χ0) is 17.3. The second kappa shape index (κ2) is 6.37. The number of nitrogens with one attached hydrogen (secondary N) is 1. The summed E-state index contributed by atoms with van der Waals surface area (Å²) in [7, 11) is 1.63. The molecule has 0 aliphatic carbocycles. The average molecular weight is 341 g/mol. The van der Waals surface area contributed by atoms with E-state index in [1.807, 2.05) is 6.07 Å². The number of hydrogen-bond acceptors (Lipinski definition) is 5. The summed E-state index contributed by atoms with van der Waals surface area (Å²) in [5.74, 6) is 0.128. The molecule has 0 radical (unpaired) electrons. The maximum absolute atomic E-state index is 12.4. The van der Waals surface area contributed by atoms with E-state index in [0.717, 1.165) is 11.3 Å². The first kappa shape index (κ1) is 16.1. The minimum absolute atomic E-state index is 0.0674. The number of fused-ring (bicyclic) bond motifs is 1. The molecule has 2 heterocycles. The van der Waals surface area contributed by atoms with Gasteiger partial charge in [-0.25, -0.2) is 4.98 Å². The highest BCUT2D eigenvalue weighted by atomic mass is 32.1. The number of nitrogens with zero attached hydrogens (tertiary/aromatic N) is 2. The third-order valence-corrected chi connectivity index (χ3v) is 4.73. The van der Waals surface area contributed by atoms with E-state index in [9.17, 15) is 14.4 Å². The van der Waals surface area contributed by atoms with E-state index in [1.54, 1.807) is 37.4 Å². The first-order valence-corrected chi connectivity index (χ1v) is 8.11. The highest BCUT2D eigenvalue weighted by Gasteiger charge is 2.17. The lowest BCUT2D eigenvalue weighted by atomic mass is 10.2. The van der Waals surface area contributed by atoms with Gasteiger partial charge in [-0.2, -0.15) is 0 Å². The fourth-order valence-corrected chi connectivity index (χ4v) is 3.23. The molecule has 1 aromatic carbocycles. The summed E-state index contributed by atoms with van der Waals surface area (Å²) in [6.45, 7) is 1.64. The molecular formula is C17H15N3O3S. The second-order valence-electron chi connectivity index (χ2n) is 5.41. The van der Waals surface area contributed by atoms with Crippen molar-refractivity contribution in [2.24, 2.45) is 0 Å². The Labute approximate surface area is 141 Å². The number of aromatic amines is 1. The van der Waals surface area contributed by atoms with Gasteiger partial charge in [-0.1, -0.05) is 12.1 Å². The molecule has 0 aliphatic heterocycles. The van der Waals surface area contributed by atoms with Crippen LogP contribution in [0.25, 0.3) is 10.9 Å². The number of carbonyl (C=O) groups excluding carboxylic acids is 2. The maximum atomic E-state index is 12.4. The number of ketones is 1. The van der Waals surface area contributed by atoms with Crippen LogP contribution in [-0.2, 0) is 6.54 Å². The lowest BCUT2D eigenvalue weighted by Gasteiger charge is -2.15. The molecule has 3 rings (SSSR count). The molecule has 0 bridgehead atoms. The summed E-state index contributed by atoms with van der Waals surface area (Å²) >= 11 is 1.16. The first-order valence-electron chi connectivity index (χ1n) is 7.30. The normalized spacial score (nSPS) is 10.8. The molecule has 1 N–H and O–H groups in total. The van der Waals surface area contributed by atoms with Crippen LogP contribution in [0.5, 0.6) is 0 Å². The van der Waals surface area contributed by atoms with Crippen molar-refractivity contribution in [3.63, 3.8) is 0 Å². The van der Waals surface area contributed by atoms with Crippen molar-refractivity contribution in [1.82, 2.24) is 14.9 Å². The van der Waals surface area contributed by atoms with Crippen molar-refractivity contribution in [3.8, 4) is 0 Å². The highest BCUT2D eigenvalue weighted by Crippen LogP contribution is 2.19. The number of H-pyrrole nitrogens is 1. The van der Waals surface area contributed by atoms with Crippen molar-refractivity contribution in [1.29, 1.82) is 0 Å². The minimum Gasteiger partial charge on any atom is -0.334 e. The average Bonchev–Trinajstić information content (AvgIpc) is 3.04. The Morgan fingerprint density at radius 3 is 2.58 bits per heavy atom. The fourth-order valence-electron chi connectivity index (χ4n) is 2.34. The van der Waals surface area contributed by atoms with Crippen molar-refractivity contribution < 1.29 is 9.59 Å². The van der Waals surface area contributed by atoms with Crippen molar-refractivity contribution >= 4 is 33.9 Å². The number of carbonyl (C=O) groups is 2. The zero-order valence-electron chi connectivity index (χ0n) is 13.2. The van der Waals surface area contributed by atoms with Crippen molar-refractivity contribution in [3.05, 3.63) is 62.3 Å². The predicted molar refractivity (Wildman–Crippen MR) is 92.5 cm³/mol. The lowest BCUT2D eigenvalue weighted by molar-refractivity contribution is 0.0786.